The maximum absolute atomic E-state index is 13.5. The van der Waals surface area contributed by atoms with E-state index in [4.69, 9.17) is 11.6 Å². The van der Waals surface area contributed by atoms with Crippen molar-refractivity contribution in [2.45, 2.75) is 19.4 Å². The lowest BCUT2D eigenvalue weighted by Crippen LogP contribution is -2.42. The van der Waals surface area contributed by atoms with Crippen LogP contribution in [0, 0.1) is 6.92 Å². The van der Waals surface area contributed by atoms with Crippen molar-refractivity contribution in [2.75, 3.05) is 10.6 Å². The number of aryl methyl sites for hydroxylation is 1. The first-order chi connectivity index (χ1) is 18.8. The van der Waals surface area contributed by atoms with Crippen LogP contribution in [0.25, 0.3) is 21.7 Å². The van der Waals surface area contributed by atoms with Gasteiger partial charge < -0.3 is 26.0 Å². The molecule has 0 aliphatic carbocycles. The number of nitrogens with one attached hydrogen (secondary N) is 4. The Morgan fingerprint density at radius 3 is 2.38 bits per heavy atom. The molecule has 3 amide bonds. The molecule has 8 nitrogen and oxygen atoms in total. The molecule has 0 saturated carbocycles. The van der Waals surface area contributed by atoms with E-state index in [1.54, 1.807) is 30.5 Å². The van der Waals surface area contributed by atoms with Crippen LogP contribution in [-0.4, -0.2) is 34.0 Å². The molecule has 0 bridgehead atoms. The number of fused-ring (bicyclic) bond motifs is 2. The highest BCUT2D eigenvalue weighted by atomic mass is 35.5. The van der Waals surface area contributed by atoms with Crippen molar-refractivity contribution in [3.8, 4) is 0 Å². The average molecular weight is 541 g/mol. The monoisotopic (exact) mass is 540 g/mol. The number of aromatic nitrogens is 1. The Kier molecular flexibility index (Phi) is 7.21. The second-order valence-electron chi connectivity index (χ2n) is 9.18. The molecule has 0 spiro atoms. The average Bonchev–Trinajstić information content (AvgIpc) is 3.32. The van der Waals surface area contributed by atoms with Crippen LogP contribution in [0.15, 0.2) is 85.1 Å². The first-order valence-corrected chi connectivity index (χ1v) is 12.6. The first-order valence-electron chi connectivity index (χ1n) is 12.2. The number of para-hydroxylation sites is 2. The molecule has 0 unspecified atom stereocenters. The maximum Gasteiger partial charge on any atom is 0.326 e. The van der Waals surface area contributed by atoms with Crippen molar-refractivity contribution in [3.63, 3.8) is 0 Å². The summed E-state index contributed by atoms with van der Waals surface area (Å²) in [7, 11) is 0. The highest BCUT2D eigenvalue weighted by Crippen LogP contribution is 2.28. The number of anilines is 2. The fraction of sp³-hybridized carbons (Fsp3) is 0.100. The largest absolute Gasteiger partial charge is 0.480 e. The summed E-state index contributed by atoms with van der Waals surface area (Å²) in [4.78, 5) is 41.7. The lowest BCUT2D eigenvalue weighted by Gasteiger charge is -2.18. The zero-order chi connectivity index (χ0) is 27.5. The van der Waals surface area contributed by atoms with Gasteiger partial charge in [0.15, 0.2) is 0 Å². The minimum absolute atomic E-state index is 0.0771. The van der Waals surface area contributed by atoms with Gasteiger partial charge in [0.2, 0.25) is 0 Å². The van der Waals surface area contributed by atoms with Gasteiger partial charge in [-0.2, -0.15) is 0 Å². The quantitative estimate of drug-likeness (QED) is 0.165. The van der Waals surface area contributed by atoms with Crippen molar-refractivity contribution in [3.05, 3.63) is 107 Å². The number of carboxylic acid groups (broad SMARTS) is 1. The molecule has 1 aromatic heterocycles. The number of H-pyrrole nitrogens is 1. The van der Waals surface area contributed by atoms with E-state index in [0.717, 1.165) is 32.8 Å². The third-order valence-corrected chi connectivity index (χ3v) is 6.86. The Bertz CT molecular complexity index is 1710. The molecule has 1 atom stereocenters. The summed E-state index contributed by atoms with van der Waals surface area (Å²) in [5.41, 5.74) is 3.23. The fourth-order valence-electron chi connectivity index (χ4n) is 4.55. The predicted octanol–water partition coefficient (Wildman–Crippen LogP) is 6.35. The van der Waals surface area contributed by atoms with Crippen LogP contribution in [0.2, 0.25) is 5.02 Å². The van der Waals surface area contributed by atoms with Crippen LogP contribution in [0.5, 0.6) is 0 Å². The molecule has 0 radical (unpaired) electrons. The second kappa shape index (κ2) is 10.9. The van der Waals surface area contributed by atoms with Crippen LogP contribution in [0.3, 0.4) is 0 Å². The van der Waals surface area contributed by atoms with E-state index in [0.29, 0.717) is 10.7 Å². The summed E-state index contributed by atoms with van der Waals surface area (Å²) in [6.07, 6.45) is 1.82. The van der Waals surface area contributed by atoms with E-state index in [-0.39, 0.29) is 17.7 Å². The number of hydrogen-bond acceptors (Lipinski definition) is 3. The normalized spacial score (nSPS) is 11.7. The smallest absolute Gasteiger partial charge is 0.326 e. The van der Waals surface area contributed by atoms with E-state index >= 15 is 0 Å². The molecule has 5 N–H and O–H groups in total. The van der Waals surface area contributed by atoms with Crippen LogP contribution < -0.4 is 16.0 Å². The van der Waals surface area contributed by atoms with Gasteiger partial charge in [-0.3, -0.25) is 4.79 Å². The summed E-state index contributed by atoms with van der Waals surface area (Å²) in [5.74, 6) is -1.80. The zero-order valence-corrected chi connectivity index (χ0v) is 21.7. The number of urea groups is 1. The van der Waals surface area contributed by atoms with Gasteiger partial charge in [0.05, 0.1) is 22.0 Å². The van der Waals surface area contributed by atoms with Gasteiger partial charge in [-0.25, -0.2) is 9.59 Å². The molecule has 0 aliphatic rings. The fourth-order valence-corrected chi connectivity index (χ4v) is 4.81. The SMILES string of the molecule is Cc1cccc(Cl)c1NC(=O)Nc1cc2ccccc2cc1C(=O)N[C@@H](Cc1c[nH]c2ccccc12)C(=O)O. The summed E-state index contributed by atoms with van der Waals surface area (Å²) in [6, 6.07) is 21.7. The topological polar surface area (TPSA) is 123 Å². The van der Waals surface area contributed by atoms with Gasteiger partial charge in [0, 0.05) is 23.5 Å². The third kappa shape index (κ3) is 5.56. The second-order valence-corrected chi connectivity index (χ2v) is 9.59. The number of carboxylic acids is 1. The van der Waals surface area contributed by atoms with Crippen LogP contribution in [0.4, 0.5) is 16.2 Å². The van der Waals surface area contributed by atoms with Crippen molar-refractivity contribution in [1.29, 1.82) is 0 Å². The molecular formula is C30H25ClN4O4. The molecule has 5 aromatic rings. The van der Waals surface area contributed by atoms with Crippen molar-refractivity contribution in [1.82, 2.24) is 10.3 Å². The van der Waals surface area contributed by atoms with Gasteiger partial charge in [-0.05, 0) is 53.1 Å². The molecule has 1 heterocycles. The molecule has 0 aliphatic heterocycles. The minimum atomic E-state index is -1.20. The van der Waals surface area contributed by atoms with Crippen LogP contribution in [0.1, 0.15) is 21.5 Å². The summed E-state index contributed by atoms with van der Waals surface area (Å²) >= 11 is 6.25. The maximum atomic E-state index is 13.5. The Balaban J connectivity index is 1.43. The number of carbonyl (C=O) groups is 3. The van der Waals surface area contributed by atoms with E-state index in [1.807, 2.05) is 61.5 Å². The molecule has 0 saturated heterocycles. The number of aliphatic carboxylic acids is 1. The molecule has 0 fully saturated rings. The third-order valence-electron chi connectivity index (χ3n) is 6.54. The standard InChI is InChI=1S/C30H25ClN4O4/c1-17-7-6-11-23(31)27(17)35-30(39)34-25-14-19-9-3-2-8-18(19)13-22(25)28(36)33-26(29(37)38)15-20-16-32-24-12-5-4-10-21(20)24/h2-14,16,26,32H,15H2,1H3,(H,33,36)(H,37,38)(H2,34,35,39)/t26-/m0/s1. The van der Waals surface area contributed by atoms with Gasteiger partial charge in [-0.1, -0.05) is 66.2 Å². The number of benzene rings is 4. The highest BCUT2D eigenvalue weighted by molar-refractivity contribution is 6.34. The summed E-state index contributed by atoms with van der Waals surface area (Å²) in [6.45, 7) is 1.82. The van der Waals surface area contributed by atoms with E-state index in [9.17, 15) is 19.5 Å². The Hall–Kier alpha value is -4.82. The lowest BCUT2D eigenvalue weighted by molar-refractivity contribution is -0.139. The number of rotatable bonds is 7. The van der Waals surface area contributed by atoms with E-state index < -0.39 is 23.9 Å². The van der Waals surface area contributed by atoms with E-state index in [1.165, 1.54) is 0 Å². The predicted molar refractivity (Wildman–Crippen MR) is 154 cm³/mol. The minimum Gasteiger partial charge on any atom is -0.480 e. The van der Waals surface area contributed by atoms with Crippen LogP contribution >= 0.6 is 11.6 Å². The number of halogens is 1. The Labute approximate surface area is 229 Å². The first kappa shape index (κ1) is 25.8. The van der Waals surface area contributed by atoms with Crippen molar-refractivity contribution >= 4 is 62.6 Å². The Morgan fingerprint density at radius 2 is 1.64 bits per heavy atom. The molecule has 5 rings (SSSR count). The molecule has 39 heavy (non-hydrogen) atoms. The van der Waals surface area contributed by atoms with Crippen LogP contribution in [-0.2, 0) is 11.2 Å². The van der Waals surface area contributed by atoms with Crippen molar-refractivity contribution in [2.24, 2.45) is 0 Å². The number of carbonyl (C=O) groups excluding carboxylic acids is 2. The highest BCUT2D eigenvalue weighted by Gasteiger charge is 2.25. The summed E-state index contributed by atoms with van der Waals surface area (Å²) < 4.78 is 0. The molecule has 4 aromatic carbocycles. The van der Waals surface area contributed by atoms with Crippen molar-refractivity contribution < 1.29 is 19.5 Å². The molecule has 196 valence electrons. The number of amides is 3. The van der Waals surface area contributed by atoms with Gasteiger partial charge >= 0.3 is 12.0 Å². The molecule has 9 heteroatoms. The van der Waals surface area contributed by atoms with Gasteiger partial charge in [-0.15, -0.1) is 0 Å². The van der Waals surface area contributed by atoms with E-state index in [2.05, 4.69) is 20.9 Å². The number of aromatic amines is 1. The Morgan fingerprint density at radius 1 is 0.923 bits per heavy atom. The van der Waals surface area contributed by atoms with Gasteiger partial charge in [0.1, 0.15) is 6.04 Å². The molecular weight excluding hydrogens is 516 g/mol. The number of hydrogen-bond donors (Lipinski definition) is 5. The zero-order valence-electron chi connectivity index (χ0n) is 20.9. The lowest BCUT2D eigenvalue weighted by atomic mass is 10.0. The van der Waals surface area contributed by atoms with Gasteiger partial charge in [0.25, 0.3) is 5.91 Å². The summed E-state index contributed by atoms with van der Waals surface area (Å²) in [5, 5.41) is 20.9.